The molecule has 0 saturated carbocycles. The summed E-state index contributed by atoms with van der Waals surface area (Å²) in [4.78, 5) is 12.4. The molecule has 0 bridgehead atoms. The molecule has 0 unspecified atom stereocenters. The maximum Gasteiger partial charge on any atom is 0.234 e. The van der Waals surface area contributed by atoms with Gasteiger partial charge in [-0.3, -0.25) is 9.36 Å². The third-order valence-corrected chi connectivity index (χ3v) is 5.85. The molecule has 0 atom stereocenters. The Kier molecular flexibility index (Phi) is 8.26. The Labute approximate surface area is 199 Å². The maximum atomic E-state index is 12.4. The van der Waals surface area contributed by atoms with Crippen LogP contribution in [0.1, 0.15) is 11.4 Å². The first-order valence-electron chi connectivity index (χ1n) is 9.17. The first-order valence-corrected chi connectivity index (χ1v) is 11.3. The molecule has 0 saturated heterocycles. The number of amides is 1. The fourth-order valence-electron chi connectivity index (χ4n) is 2.67. The number of rotatable bonds is 9. The third kappa shape index (κ3) is 6.40. The van der Waals surface area contributed by atoms with Crippen molar-refractivity contribution in [2.75, 3.05) is 11.1 Å². The predicted octanol–water partition coefficient (Wildman–Crippen LogP) is 6.04. The summed E-state index contributed by atoms with van der Waals surface area (Å²) in [7, 11) is 0. The number of nitrogens with one attached hydrogen (secondary N) is 1. The molecule has 3 rings (SSSR count). The van der Waals surface area contributed by atoms with E-state index in [1.165, 1.54) is 23.9 Å². The molecular formula is C21H19Cl3N4O2S. The van der Waals surface area contributed by atoms with Crippen molar-refractivity contribution in [3.05, 3.63) is 75.5 Å². The highest BCUT2D eigenvalue weighted by Gasteiger charge is 2.16. The minimum atomic E-state index is -0.290. The smallest absolute Gasteiger partial charge is 0.234 e. The van der Waals surface area contributed by atoms with Crippen molar-refractivity contribution >= 4 is 58.2 Å². The number of aryl methyl sites for hydroxylation is 1. The van der Waals surface area contributed by atoms with Crippen LogP contribution in [0.5, 0.6) is 5.75 Å². The van der Waals surface area contributed by atoms with E-state index in [0.717, 1.165) is 11.3 Å². The fraction of sp³-hybridized carbons (Fsp3) is 0.190. The summed E-state index contributed by atoms with van der Waals surface area (Å²) in [6, 6.07) is 10.8. The molecule has 1 heterocycles. The molecule has 0 aliphatic rings. The minimum Gasteiger partial charge on any atom is -0.486 e. The van der Waals surface area contributed by atoms with Crippen molar-refractivity contribution in [2.24, 2.45) is 0 Å². The second-order valence-corrected chi connectivity index (χ2v) is 8.68. The summed E-state index contributed by atoms with van der Waals surface area (Å²) >= 11 is 19.4. The van der Waals surface area contributed by atoms with Gasteiger partial charge in [-0.2, -0.15) is 0 Å². The molecule has 0 radical (unpaired) electrons. The van der Waals surface area contributed by atoms with Gasteiger partial charge < -0.3 is 10.1 Å². The summed E-state index contributed by atoms with van der Waals surface area (Å²) in [6.07, 6.45) is 1.73. The molecule has 0 spiro atoms. The average molecular weight is 498 g/mol. The standard InChI is InChI=1S/C21H19Cl3N4O2S/c1-3-7-28-18(11-30-15-6-4-5-13(2)8-15)26-27-21(28)31-12-19(29)25-20-16(23)9-14(22)10-17(20)24/h3-6,8-10H,1,7,11-12H2,2H3,(H,25,29). The highest BCUT2D eigenvalue weighted by Crippen LogP contribution is 2.33. The van der Waals surface area contributed by atoms with Gasteiger partial charge >= 0.3 is 0 Å². The third-order valence-electron chi connectivity index (χ3n) is 4.07. The Balaban J connectivity index is 1.64. The Hall–Kier alpha value is -2.19. The van der Waals surface area contributed by atoms with E-state index in [4.69, 9.17) is 39.5 Å². The molecule has 0 aliphatic carbocycles. The molecule has 0 aliphatic heterocycles. The van der Waals surface area contributed by atoms with Crippen LogP contribution >= 0.6 is 46.6 Å². The van der Waals surface area contributed by atoms with E-state index in [-0.39, 0.29) is 28.3 Å². The Morgan fingerprint density at radius 2 is 1.97 bits per heavy atom. The molecule has 3 aromatic rings. The molecule has 162 valence electrons. The van der Waals surface area contributed by atoms with Gasteiger partial charge in [-0.05, 0) is 36.8 Å². The summed E-state index contributed by atoms with van der Waals surface area (Å²) in [5, 5.41) is 12.6. The Morgan fingerprint density at radius 3 is 2.65 bits per heavy atom. The predicted molar refractivity (Wildman–Crippen MR) is 127 cm³/mol. The molecule has 2 aromatic carbocycles. The quantitative estimate of drug-likeness (QED) is 0.288. The van der Waals surface area contributed by atoms with Crippen LogP contribution in [0.15, 0.2) is 54.2 Å². The van der Waals surface area contributed by atoms with Crippen molar-refractivity contribution in [3.63, 3.8) is 0 Å². The highest BCUT2D eigenvalue weighted by atomic mass is 35.5. The van der Waals surface area contributed by atoms with E-state index >= 15 is 0 Å². The lowest BCUT2D eigenvalue weighted by atomic mass is 10.2. The number of aromatic nitrogens is 3. The van der Waals surface area contributed by atoms with E-state index in [1.807, 2.05) is 35.8 Å². The number of carbonyl (C=O) groups is 1. The number of hydrogen-bond acceptors (Lipinski definition) is 5. The molecule has 6 nitrogen and oxygen atoms in total. The Morgan fingerprint density at radius 1 is 1.23 bits per heavy atom. The van der Waals surface area contributed by atoms with Crippen LogP contribution in [0.4, 0.5) is 5.69 Å². The van der Waals surface area contributed by atoms with Crippen molar-refractivity contribution in [2.45, 2.75) is 25.2 Å². The fourth-order valence-corrected chi connectivity index (χ4v) is 4.34. The number of ether oxygens (including phenoxy) is 1. The minimum absolute atomic E-state index is 0.0866. The number of nitrogens with zero attached hydrogens (tertiary/aromatic N) is 3. The number of halogens is 3. The molecule has 10 heteroatoms. The molecule has 31 heavy (non-hydrogen) atoms. The summed E-state index contributed by atoms with van der Waals surface area (Å²) in [6.45, 7) is 6.50. The van der Waals surface area contributed by atoms with Crippen molar-refractivity contribution < 1.29 is 9.53 Å². The second-order valence-electron chi connectivity index (χ2n) is 6.48. The topological polar surface area (TPSA) is 69.0 Å². The van der Waals surface area contributed by atoms with E-state index in [9.17, 15) is 4.79 Å². The number of hydrogen-bond donors (Lipinski definition) is 1. The van der Waals surface area contributed by atoms with E-state index in [0.29, 0.717) is 28.2 Å². The van der Waals surface area contributed by atoms with Crippen molar-refractivity contribution in [3.8, 4) is 5.75 Å². The number of thioether (sulfide) groups is 1. The monoisotopic (exact) mass is 496 g/mol. The highest BCUT2D eigenvalue weighted by molar-refractivity contribution is 7.99. The first-order chi connectivity index (χ1) is 14.9. The summed E-state index contributed by atoms with van der Waals surface area (Å²) in [5.41, 5.74) is 1.42. The van der Waals surface area contributed by atoms with Gasteiger partial charge in [0.25, 0.3) is 0 Å². The number of carbonyl (C=O) groups excluding carboxylic acids is 1. The van der Waals surface area contributed by atoms with Gasteiger partial charge in [-0.1, -0.05) is 64.8 Å². The van der Waals surface area contributed by atoms with Gasteiger partial charge in [0.1, 0.15) is 12.4 Å². The summed E-state index contributed by atoms with van der Waals surface area (Å²) in [5.74, 6) is 1.18. The van der Waals surface area contributed by atoms with Crippen LogP contribution in [0.25, 0.3) is 0 Å². The lowest BCUT2D eigenvalue weighted by Gasteiger charge is -2.11. The van der Waals surface area contributed by atoms with E-state index < -0.39 is 0 Å². The maximum absolute atomic E-state index is 12.4. The molecule has 1 N–H and O–H groups in total. The van der Waals surface area contributed by atoms with Gasteiger partial charge in [0.15, 0.2) is 11.0 Å². The zero-order chi connectivity index (χ0) is 22.4. The largest absolute Gasteiger partial charge is 0.486 e. The SMILES string of the molecule is C=CCn1c(COc2cccc(C)c2)nnc1SCC(=O)Nc1c(Cl)cc(Cl)cc1Cl. The van der Waals surface area contributed by atoms with Crippen LogP contribution in [0.3, 0.4) is 0 Å². The van der Waals surface area contributed by atoms with Crippen LogP contribution in [-0.4, -0.2) is 26.4 Å². The van der Waals surface area contributed by atoms with Crippen molar-refractivity contribution in [1.82, 2.24) is 14.8 Å². The van der Waals surface area contributed by atoms with Gasteiger partial charge in [-0.15, -0.1) is 16.8 Å². The van der Waals surface area contributed by atoms with Crippen LogP contribution < -0.4 is 10.1 Å². The van der Waals surface area contributed by atoms with Crippen LogP contribution in [0, 0.1) is 6.92 Å². The second kappa shape index (κ2) is 10.9. The Bertz CT molecular complexity index is 1080. The summed E-state index contributed by atoms with van der Waals surface area (Å²) < 4.78 is 7.68. The van der Waals surface area contributed by atoms with Gasteiger partial charge in [0.05, 0.1) is 21.5 Å². The van der Waals surface area contributed by atoms with Gasteiger partial charge in [0.2, 0.25) is 5.91 Å². The zero-order valence-corrected chi connectivity index (χ0v) is 19.7. The number of anilines is 1. The lowest BCUT2D eigenvalue weighted by molar-refractivity contribution is -0.113. The van der Waals surface area contributed by atoms with Crippen LogP contribution in [-0.2, 0) is 17.9 Å². The van der Waals surface area contributed by atoms with E-state index in [1.54, 1.807) is 6.08 Å². The molecular weight excluding hydrogens is 479 g/mol. The van der Waals surface area contributed by atoms with Gasteiger partial charge in [-0.25, -0.2) is 0 Å². The number of allylic oxidation sites excluding steroid dienone is 1. The zero-order valence-electron chi connectivity index (χ0n) is 16.6. The molecule has 1 amide bonds. The molecule has 0 fully saturated rings. The lowest BCUT2D eigenvalue weighted by Crippen LogP contribution is -2.15. The average Bonchev–Trinajstić information content (AvgIpc) is 3.09. The van der Waals surface area contributed by atoms with Crippen LogP contribution in [0.2, 0.25) is 15.1 Å². The molecule has 1 aromatic heterocycles. The first kappa shape index (κ1) is 23.5. The number of benzene rings is 2. The van der Waals surface area contributed by atoms with Gasteiger partial charge in [0, 0.05) is 11.6 Å². The van der Waals surface area contributed by atoms with Crippen molar-refractivity contribution in [1.29, 1.82) is 0 Å². The normalized spacial score (nSPS) is 10.7. The van der Waals surface area contributed by atoms with E-state index in [2.05, 4.69) is 22.1 Å².